The van der Waals surface area contributed by atoms with Gasteiger partial charge in [-0.15, -0.1) is 0 Å². The van der Waals surface area contributed by atoms with Gasteiger partial charge >= 0.3 is 0 Å². The van der Waals surface area contributed by atoms with E-state index < -0.39 is 0 Å². The molecule has 3 rings (SSSR count). The zero-order chi connectivity index (χ0) is 16.2. The molecule has 1 aliphatic heterocycles. The Morgan fingerprint density at radius 2 is 1.74 bits per heavy atom. The molecule has 1 aliphatic carbocycles. The molecule has 4 nitrogen and oxygen atoms in total. The molecule has 4 heteroatoms. The number of hydrogen-bond donors (Lipinski definition) is 0. The van der Waals surface area contributed by atoms with Gasteiger partial charge in [0.15, 0.2) is 0 Å². The molecule has 0 N–H and O–H groups in total. The zero-order valence-electron chi connectivity index (χ0n) is 13.9. The highest BCUT2D eigenvalue weighted by molar-refractivity contribution is 5.84. The predicted molar refractivity (Wildman–Crippen MR) is 89.9 cm³/mol. The van der Waals surface area contributed by atoms with E-state index in [1.54, 1.807) is 11.8 Å². The minimum Gasteiger partial charge on any atom is -0.341 e. The molecule has 1 saturated heterocycles. The number of amides is 2. The van der Waals surface area contributed by atoms with Crippen LogP contribution in [0.15, 0.2) is 30.3 Å². The van der Waals surface area contributed by atoms with Crippen LogP contribution in [0, 0.1) is 5.92 Å². The van der Waals surface area contributed by atoms with Crippen LogP contribution < -0.4 is 0 Å². The van der Waals surface area contributed by atoms with Crippen LogP contribution in [0.5, 0.6) is 0 Å². The highest BCUT2D eigenvalue weighted by Gasteiger charge is 2.33. The molecular formula is C19H26N2O2. The van der Waals surface area contributed by atoms with Gasteiger partial charge in [0.1, 0.15) is 0 Å². The summed E-state index contributed by atoms with van der Waals surface area (Å²) < 4.78 is 0. The van der Waals surface area contributed by atoms with E-state index in [4.69, 9.17) is 0 Å². The Kier molecular flexibility index (Phi) is 4.99. The number of rotatable bonds is 5. The number of carbonyl (C=O) groups excluding carboxylic acids is 2. The van der Waals surface area contributed by atoms with Crippen molar-refractivity contribution in [2.75, 3.05) is 19.6 Å². The van der Waals surface area contributed by atoms with E-state index in [1.165, 1.54) is 5.56 Å². The van der Waals surface area contributed by atoms with Gasteiger partial charge in [0.05, 0.1) is 6.54 Å². The first-order chi connectivity index (χ1) is 11.1. The molecule has 1 saturated carbocycles. The summed E-state index contributed by atoms with van der Waals surface area (Å²) in [6.07, 6.45) is 5.32. The largest absolute Gasteiger partial charge is 0.341 e. The highest BCUT2D eigenvalue weighted by atomic mass is 16.2. The van der Waals surface area contributed by atoms with Crippen LogP contribution in [0.2, 0.25) is 0 Å². The Hall–Kier alpha value is -1.84. The molecule has 0 bridgehead atoms. The van der Waals surface area contributed by atoms with Crippen molar-refractivity contribution >= 4 is 11.8 Å². The summed E-state index contributed by atoms with van der Waals surface area (Å²) in [6.45, 7) is 3.49. The van der Waals surface area contributed by atoms with Gasteiger partial charge in [0.2, 0.25) is 11.8 Å². The molecule has 0 atom stereocenters. The summed E-state index contributed by atoms with van der Waals surface area (Å²) in [5, 5.41) is 0. The molecule has 2 fully saturated rings. The van der Waals surface area contributed by atoms with Crippen molar-refractivity contribution in [3.05, 3.63) is 35.9 Å². The number of hydrogen-bond acceptors (Lipinski definition) is 2. The summed E-state index contributed by atoms with van der Waals surface area (Å²) in [7, 11) is 0. The molecular weight excluding hydrogens is 288 g/mol. The third-order valence-corrected chi connectivity index (χ3v) is 5.03. The summed E-state index contributed by atoms with van der Waals surface area (Å²) in [6, 6.07) is 10.9. The Morgan fingerprint density at radius 3 is 2.30 bits per heavy atom. The maximum absolute atomic E-state index is 12.4. The maximum atomic E-state index is 12.4. The molecule has 0 spiro atoms. The smallest absolute Gasteiger partial charge is 0.242 e. The predicted octanol–water partition coefficient (Wildman–Crippen LogP) is 2.48. The lowest BCUT2D eigenvalue weighted by atomic mass is 9.90. The van der Waals surface area contributed by atoms with Crippen molar-refractivity contribution in [2.24, 2.45) is 5.92 Å². The fourth-order valence-electron chi connectivity index (χ4n) is 3.46. The highest BCUT2D eigenvalue weighted by Crippen LogP contribution is 2.27. The summed E-state index contributed by atoms with van der Waals surface area (Å²) in [5.41, 5.74) is 1.38. The van der Waals surface area contributed by atoms with E-state index in [2.05, 4.69) is 24.3 Å². The second-order valence-corrected chi connectivity index (χ2v) is 6.89. The van der Waals surface area contributed by atoms with Crippen molar-refractivity contribution < 1.29 is 9.59 Å². The molecule has 23 heavy (non-hydrogen) atoms. The first kappa shape index (κ1) is 16.0. The fourth-order valence-corrected chi connectivity index (χ4v) is 3.46. The van der Waals surface area contributed by atoms with Gasteiger partial charge in [-0.3, -0.25) is 9.59 Å². The molecule has 124 valence electrons. The quantitative estimate of drug-likeness (QED) is 0.838. The third kappa shape index (κ3) is 4.34. The minimum absolute atomic E-state index is 0.0276. The summed E-state index contributed by atoms with van der Waals surface area (Å²) in [4.78, 5) is 27.8. The topological polar surface area (TPSA) is 40.6 Å². The van der Waals surface area contributed by atoms with E-state index in [9.17, 15) is 9.59 Å². The lowest BCUT2D eigenvalue weighted by Gasteiger charge is -2.33. The van der Waals surface area contributed by atoms with Crippen LogP contribution >= 0.6 is 0 Å². The van der Waals surface area contributed by atoms with Crippen molar-refractivity contribution in [1.82, 2.24) is 9.80 Å². The van der Waals surface area contributed by atoms with Crippen LogP contribution in [-0.2, 0) is 16.0 Å². The minimum atomic E-state index is 0.0276. The van der Waals surface area contributed by atoms with Crippen LogP contribution in [-0.4, -0.2) is 47.3 Å². The summed E-state index contributed by atoms with van der Waals surface area (Å²) >= 11 is 0. The first-order valence-corrected chi connectivity index (χ1v) is 8.72. The molecule has 2 amide bonds. The second-order valence-electron chi connectivity index (χ2n) is 6.89. The lowest BCUT2D eigenvalue weighted by Crippen LogP contribution is -2.46. The zero-order valence-corrected chi connectivity index (χ0v) is 13.9. The van der Waals surface area contributed by atoms with E-state index in [-0.39, 0.29) is 18.4 Å². The van der Waals surface area contributed by atoms with Crippen molar-refractivity contribution in [2.45, 2.75) is 45.1 Å². The monoisotopic (exact) mass is 314 g/mol. The SMILES string of the molecule is CC(=O)N(CC(=O)N1CCC(Cc2ccccc2)CC1)C1CC1. The standard InChI is InChI=1S/C19H26N2O2/c1-15(22)21(18-7-8-18)14-19(23)20-11-9-17(10-12-20)13-16-5-3-2-4-6-16/h2-6,17-18H,7-14H2,1H3. The van der Waals surface area contributed by atoms with Gasteiger partial charge in [-0.1, -0.05) is 30.3 Å². The van der Waals surface area contributed by atoms with Crippen molar-refractivity contribution in [1.29, 1.82) is 0 Å². The van der Waals surface area contributed by atoms with Gasteiger partial charge in [-0.25, -0.2) is 0 Å². The van der Waals surface area contributed by atoms with Crippen molar-refractivity contribution in [3.8, 4) is 0 Å². The van der Waals surface area contributed by atoms with E-state index in [1.807, 2.05) is 11.0 Å². The van der Waals surface area contributed by atoms with Gasteiger partial charge in [0.25, 0.3) is 0 Å². The number of benzene rings is 1. The van der Waals surface area contributed by atoms with Crippen LogP contribution in [0.3, 0.4) is 0 Å². The van der Waals surface area contributed by atoms with E-state index in [0.29, 0.717) is 12.0 Å². The van der Waals surface area contributed by atoms with Gasteiger partial charge in [-0.05, 0) is 43.6 Å². The Morgan fingerprint density at radius 1 is 1.09 bits per heavy atom. The molecule has 0 radical (unpaired) electrons. The van der Waals surface area contributed by atoms with Crippen molar-refractivity contribution in [3.63, 3.8) is 0 Å². The summed E-state index contributed by atoms with van der Waals surface area (Å²) in [5.74, 6) is 0.805. The van der Waals surface area contributed by atoms with Gasteiger partial charge < -0.3 is 9.80 Å². The Bertz CT molecular complexity index is 546. The molecule has 0 unspecified atom stereocenters. The number of piperidine rings is 1. The number of likely N-dealkylation sites (tertiary alicyclic amines) is 1. The van der Waals surface area contributed by atoms with Gasteiger partial charge in [-0.2, -0.15) is 0 Å². The average Bonchev–Trinajstić information content (AvgIpc) is 3.38. The second kappa shape index (κ2) is 7.16. The molecule has 2 aliphatic rings. The van der Waals surface area contributed by atoms with E-state index >= 15 is 0 Å². The Balaban J connectivity index is 1.46. The van der Waals surface area contributed by atoms with E-state index in [0.717, 1.165) is 45.2 Å². The van der Waals surface area contributed by atoms with Crippen LogP contribution in [0.4, 0.5) is 0 Å². The number of nitrogens with zero attached hydrogens (tertiary/aromatic N) is 2. The average molecular weight is 314 g/mol. The lowest BCUT2D eigenvalue weighted by molar-refractivity contribution is -0.140. The molecule has 1 aromatic rings. The molecule has 1 heterocycles. The molecule has 1 aromatic carbocycles. The first-order valence-electron chi connectivity index (χ1n) is 8.72. The van der Waals surface area contributed by atoms with Crippen LogP contribution in [0.1, 0.15) is 38.2 Å². The number of carbonyl (C=O) groups is 2. The maximum Gasteiger partial charge on any atom is 0.242 e. The van der Waals surface area contributed by atoms with Crippen LogP contribution in [0.25, 0.3) is 0 Å². The Labute approximate surface area is 138 Å². The third-order valence-electron chi connectivity index (χ3n) is 5.03. The normalized spacial score (nSPS) is 18.7. The fraction of sp³-hybridized carbons (Fsp3) is 0.579. The van der Waals surface area contributed by atoms with Gasteiger partial charge in [0, 0.05) is 26.1 Å². The molecule has 0 aromatic heterocycles.